The van der Waals surface area contributed by atoms with Crippen LogP contribution in [0.1, 0.15) is 37.8 Å². The van der Waals surface area contributed by atoms with E-state index < -0.39 is 5.82 Å². The highest BCUT2D eigenvalue weighted by Crippen LogP contribution is 2.24. The highest BCUT2D eigenvalue weighted by molar-refractivity contribution is 5.34. The van der Waals surface area contributed by atoms with E-state index in [9.17, 15) is 9.50 Å². The number of rotatable bonds is 4. The molecule has 1 saturated heterocycles. The Morgan fingerprint density at radius 2 is 2.33 bits per heavy atom. The van der Waals surface area contributed by atoms with Crippen LogP contribution >= 0.6 is 0 Å². The van der Waals surface area contributed by atoms with Crippen molar-refractivity contribution in [3.8, 4) is 5.75 Å². The number of aromatic hydroxyl groups is 1. The Hall–Kier alpha value is -1.13. The van der Waals surface area contributed by atoms with Gasteiger partial charge in [0.25, 0.3) is 0 Å². The molecule has 0 amide bonds. The van der Waals surface area contributed by atoms with Gasteiger partial charge in [0.1, 0.15) is 11.6 Å². The minimum absolute atomic E-state index is 0.000405. The summed E-state index contributed by atoms with van der Waals surface area (Å²) in [5.41, 5.74) is 0.715. The fourth-order valence-corrected chi connectivity index (χ4v) is 2.27. The second-order valence-corrected chi connectivity index (χ2v) is 4.82. The lowest BCUT2D eigenvalue weighted by atomic mass is 10.1. The molecule has 18 heavy (non-hydrogen) atoms. The van der Waals surface area contributed by atoms with E-state index >= 15 is 0 Å². The molecule has 1 aliphatic heterocycles. The van der Waals surface area contributed by atoms with Crippen molar-refractivity contribution >= 4 is 0 Å². The minimum Gasteiger partial charge on any atom is -0.508 e. The first-order chi connectivity index (χ1) is 8.66. The van der Waals surface area contributed by atoms with Crippen molar-refractivity contribution in [3.63, 3.8) is 0 Å². The second kappa shape index (κ2) is 6.16. The standard InChI is InChI=1S/C14H20FNO2/c1-10(13-6-5-11(15)8-14(13)17)16-9-12-4-2-3-7-18-12/h5-6,8,10,12,16-17H,2-4,7,9H2,1H3. The average molecular weight is 253 g/mol. The van der Waals surface area contributed by atoms with E-state index in [4.69, 9.17) is 4.74 Å². The van der Waals surface area contributed by atoms with Crippen LogP contribution in [-0.2, 0) is 4.74 Å². The summed E-state index contributed by atoms with van der Waals surface area (Å²) in [6.45, 7) is 3.55. The van der Waals surface area contributed by atoms with Gasteiger partial charge in [-0.3, -0.25) is 0 Å². The Bertz CT molecular complexity index is 391. The summed E-state index contributed by atoms with van der Waals surface area (Å²) in [7, 11) is 0. The van der Waals surface area contributed by atoms with E-state index in [-0.39, 0.29) is 17.9 Å². The highest BCUT2D eigenvalue weighted by atomic mass is 19.1. The maximum Gasteiger partial charge on any atom is 0.126 e. The largest absolute Gasteiger partial charge is 0.508 e. The molecule has 1 heterocycles. The topological polar surface area (TPSA) is 41.5 Å². The van der Waals surface area contributed by atoms with Crippen molar-refractivity contribution in [1.29, 1.82) is 0 Å². The summed E-state index contributed by atoms with van der Waals surface area (Å²) in [5, 5.41) is 13.0. The fourth-order valence-electron chi connectivity index (χ4n) is 2.27. The van der Waals surface area contributed by atoms with E-state index in [0.29, 0.717) is 5.56 Å². The van der Waals surface area contributed by atoms with Crippen LogP contribution in [0.25, 0.3) is 0 Å². The van der Waals surface area contributed by atoms with Gasteiger partial charge in [0, 0.05) is 30.8 Å². The van der Waals surface area contributed by atoms with Crippen LogP contribution in [0.3, 0.4) is 0 Å². The summed E-state index contributed by atoms with van der Waals surface area (Å²) < 4.78 is 18.5. The molecule has 2 unspecified atom stereocenters. The van der Waals surface area contributed by atoms with Crippen molar-refractivity contribution < 1.29 is 14.2 Å². The van der Waals surface area contributed by atoms with Crippen LogP contribution in [0.5, 0.6) is 5.75 Å². The molecule has 0 aliphatic carbocycles. The lowest BCUT2D eigenvalue weighted by Gasteiger charge is -2.25. The first-order valence-electron chi connectivity index (χ1n) is 6.50. The van der Waals surface area contributed by atoms with Gasteiger partial charge in [0.05, 0.1) is 6.10 Å². The van der Waals surface area contributed by atoms with Crippen molar-refractivity contribution in [2.45, 2.75) is 38.3 Å². The van der Waals surface area contributed by atoms with Crippen LogP contribution in [0.2, 0.25) is 0 Å². The SMILES string of the molecule is CC(NCC1CCCCO1)c1ccc(F)cc1O. The van der Waals surface area contributed by atoms with Crippen molar-refractivity contribution in [2.75, 3.05) is 13.2 Å². The number of phenolic OH excluding ortho intramolecular Hbond substituents is 1. The molecule has 1 aromatic rings. The Morgan fingerprint density at radius 1 is 1.50 bits per heavy atom. The average Bonchev–Trinajstić information content (AvgIpc) is 2.37. The Morgan fingerprint density at radius 3 is 3.00 bits per heavy atom. The van der Waals surface area contributed by atoms with Gasteiger partial charge in [-0.1, -0.05) is 6.07 Å². The van der Waals surface area contributed by atoms with Gasteiger partial charge in [0.2, 0.25) is 0 Å². The molecule has 1 fully saturated rings. The maximum atomic E-state index is 12.9. The number of ether oxygens (including phenoxy) is 1. The lowest BCUT2D eigenvalue weighted by Crippen LogP contribution is -2.33. The molecule has 4 heteroatoms. The minimum atomic E-state index is -0.418. The predicted molar refractivity (Wildman–Crippen MR) is 68.1 cm³/mol. The highest BCUT2D eigenvalue weighted by Gasteiger charge is 2.16. The molecule has 0 bridgehead atoms. The lowest BCUT2D eigenvalue weighted by molar-refractivity contribution is 0.0156. The first kappa shape index (κ1) is 13.3. The van der Waals surface area contributed by atoms with Crippen LogP contribution < -0.4 is 5.32 Å². The molecule has 2 N–H and O–H groups in total. The van der Waals surface area contributed by atoms with Crippen molar-refractivity contribution in [1.82, 2.24) is 5.32 Å². The number of phenols is 1. The normalized spacial score (nSPS) is 21.8. The Balaban J connectivity index is 1.88. The van der Waals surface area contributed by atoms with Crippen molar-refractivity contribution in [2.24, 2.45) is 0 Å². The summed E-state index contributed by atoms with van der Waals surface area (Å²) in [6, 6.07) is 4.11. The number of hydrogen-bond acceptors (Lipinski definition) is 3. The van der Waals surface area contributed by atoms with Crippen molar-refractivity contribution in [3.05, 3.63) is 29.6 Å². The zero-order valence-corrected chi connectivity index (χ0v) is 10.7. The van der Waals surface area contributed by atoms with Gasteiger partial charge < -0.3 is 15.2 Å². The number of benzene rings is 1. The predicted octanol–water partition coefficient (Wildman–Crippen LogP) is 2.75. The number of hydrogen-bond donors (Lipinski definition) is 2. The smallest absolute Gasteiger partial charge is 0.126 e. The monoisotopic (exact) mass is 253 g/mol. The van der Waals surface area contributed by atoms with Gasteiger partial charge >= 0.3 is 0 Å². The fraction of sp³-hybridized carbons (Fsp3) is 0.571. The number of nitrogens with one attached hydrogen (secondary N) is 1. The van der Waals surface area contributed by atoms with Crippen LogP contribution in [-0.4, -0.2) is 24.4 Å². The molecular weight excluding hydrogens is 233 g/mol. The molecular formula is C14H20FNO2. The van der Waals surface area contributed by atoms with Gasteiger partial charge in [-0.25, -0.2) is 4.39 Å². The van der Waals surface area contributed by atoms with E-state index in [1.807, 2.05) is 6.92 Å². The molecule has 1 aliphatic rings. The van der Waals surface area contributed by atoms with Crippen LogP contribution in [0, 0.1) is 5.82 Å². The van der Waals surface area contributed by atoms with E-state index in [1.165, 1.54) is 12.5 Å². The molecule has 0 aromatic heterocycles. The van der Waals surface area contributed by atoms with Gasteiger partial charge in [0.15, 0.2) is 0 Å². The summed E-state index contributed by atoms with van der Waals surface area (Å²) in [5.74, 6) is -0.418. The van der Waals surface area contributed by atoms with Gasteiger partial charge in [-0.05, 0) is 32.3 Å². The molecule has 0 radical (unpaired) electrons. The molecule has 0 saturated carbocycles. The molecule has 100 valence electrons. The molecule has 0 spiro atoms. The quantitative estimate of drug-likeness (QED) is 0.867. The van der Waals surface area contributed by atoms with E-state index in [2.05, 4.69) is 5.32 Å². The molecule has 2 atom stereocenters. The Labute approximate surface area is 107 Å². The van der Waals surface area contributed by atoms with Gasteiger partial charge in [-0.15, -0.1) is 0 Å². The third-order valence-corrected chi connectivity index (χ3v) is 3.38. The first-order valence-corrected chi connectivity index (χ1v) is 6.50. The summed E-state index contributed by atoms with van der Waals surface area (Å²) >= 11 is 0. The maximum absolute atomic E-state index is 12.9. The third-order valence-electron chi connectivity index (χ3n) is 3.38. The molecule has 2 rings (SSSR count). The van der Waals surface area contributed by atoms with E-state index in [1.54, 1.807) is 6.07 Å². The van der Waals surface area contributed by atoms with Gasteiger partial charge in [-0.2, -0.15) is 0 Å². The number of halogens is 1. The summed E-state index contributed by atoms with van der Waals surface area (Å²) in [6.07, 6.45) is 3.69. The molecule has 1 aromatic carbocycles. The van der Waals surface area contributed by atoms with Crippen LogP contribution in [0.15, 0.2) is 18.2 Å². The zero-order valence-electron chi connectivity index (χ0n) is 10.7. The second-order valence-electron chi connectivity index (χ2n) is 4.82. The molecule has 3 nitrogen and oxygen atoms in total. The Kier molecular flexibility index (Phi) is 4.55. The third kappa shape index (κ3) is 3.43. The zero-order chi connectivity index (χ0) is 13.0. The van der Waals surface area contributed by atoms with E-state index in [0.717, 1.165) is 32.1 Å². The summed E-state index contributed by atoms with van der Waals surface area (Å²) in [4.78, 5) is 0. The van der Waals surface area contributed by atoms with Crippen LogP contribution in [0.4, 0.5) is 4.39 Å².